The summed E-state index contributed by atoms with van der Waals surface area (Å²) in [6, 6.07) is 10.7. The zero-order valence-corrected chi connectivity index (χ0v) is 14.6. The van der Waals surface area contributed by atoms with Gasteiger partial charge in [-0.05, 0) is 24.3 Å². The highest BCUT2D eigenvalue weighted by Gasteiger charge is 2.22. The van der Waals surface area contributed by atoms with Gasteiger partial charge < -0.3 is 14.0 Å². The van der Waals surface area contributed by atoms with Gasteiger partial charge in [-0.25, -0.2) is 0 Å². The van der Waals surface area contributed by atoms with Crippen LogP contribution in [0.4, 0.5) is 0 Å². The van der Waals surface area contributed by atoms with Crippen LogP contribution in [0.3, 0.4) is 0 Å². The predicted molar refractivity (Wildman–Crippen MR) is 93.8 cm³/mol. The molecule has 25 heavy (non-hydrogen) atoms. The third-order valence-electron chi connectivity index (χ3n) is 5.07. The number of hydrogen-bond acceptors (Lipinski definition) is 5. The Morgan fingerprint density at radius 3 is 2.68 bits per heavy atom. The van der Waals surface area contributed by atoms with Crippen LogP contribution in [-0.2, 0) is 35.7 Å². The van der Waals surface area contributed by atoms with Crippen LogP contribution in [0.1, 0.15) is 30.1 Å². The van der Waals surface area contributed by atoms with E-state index in [4.69, 9.17) is 9.47 Å². The van der Waals surface area contributed by atoms with Crippen molar-refractivity contribution in [2.24, 2.45) is 5.92 Å². The molecule has 2 aromatic rings. The molecule has 0 radical (unpaired) electrons. The highest BCUT2D eigenvalue weighted by atomic mass is 16.5. The molecule has 134 valence electrons. The van der Waals surface area contributed by atoms with Crippen LogP contribution in [0.25, 0.3) is 0 Å². The Labute approximate surface area is 148 Å². The molecular weight excluding hydrogens is 316 g/mol. The second kappa shape index (κ2) is 8.08. The molecule has 0 bridgehead atoms. The fourth-order valence-corrected chi connectivity index (χ4v) is 3.69. The lowest BCUT2D eigenvalue weighted by atomic mass is 9.99. The molecule has 0 amide bonds. The smallest absolute Gasteiger partial charge is 0.159 e. The molecule has 1 saturated heterocycles. The average Bonchev–Trinajstić information content (AvgIpc) is 3.06. The van der Waals surface area contributed by atoms with E-state index in [2.05, 4.69) is 50.0 Å². The van der Waals surface area contributed by atoms with Crippen molar-refractivity contribution in [2.45, 2.75) is 39.1 Å². The predicted octanol–water partition coefficient (Wildman–Crippen LogP) is 2.24. The molecule has 0 N–H and O–H groups in total. The monoisotopic (exact) mass is 342 g/mol. The summed E-state index contributed by atoms with van der Waals surface area (Å²) in [5.41, 5.74) is 1.34. The first-order chi connectivity index (χ1) is 12.4. The number of fused-ring (bicyclic) bond motifs is 1. The number of benzene rings is 1. The zero-order chi connectivity index (χ0) is 16.9. The molecule has 0 unspecified atom stereocenters. The Morgan fingerprint density at radius 1 is 1.00 bits per heavy atom. The Morgan fingerprint density at radius 2 is 1.84 bits per heavy atom. The van der Waals surface area contributed by atoms with Gasteiger partial charge in [0, 0.05) is 32.8 Å². The van der Waals surface area contributed by atoms with Crippen molar-refractivity contribution in [2.75, 3.05) is 26.4 Å². The lowest BCUT2D eigenvalue weighted by Crippen LogP contribution is -2.33. The number of ether oxygens (including phenoxy) is 2. The molecule has 6 nitrogen and oxygen atoms in total. The van der Waals surface area contributed by atoms with Crippen LogP contribution >= 0.6 is 0 Å². The van der Waals surface area contributed by atoms with E-state index in [-0.39, 0.29) is 0 Å². The molecule has 4 rings (SSSR count). The van der Waals surface area contributed by atoms with Crippen molar-refractivity contribution in [3.8, 4) is 0 Å². The summed E-state index contributed by atoms with van der Waals surface area (Å²) in [7, 11) is 0. The fourth-order valence-electron chi connectivity index (χ4n) is 3.69. The highest BCUT2D eigenvalue weighted by Crippen LogP contribution is 2.20. The first-order valence-electron chi connectivity index (χ1n) is 9.21. The summed E-state index contributed by atoms with van der Waals surface area (Å²) in [6.07, 6.45) is 2.30. The average molecular weight is 342 g/mol. The molecule has 0 atom stereocenters. The summed E-state index contributed by atoms with van der Waals surface area (Å²) in [5.74, 6) is 2.71. The van der Waals surface area contributed by atoms with Crippen LogP contribution in [0, 0.1) is 5.92 Å². The van der Waals surface area contributed by atoms with Gasteiger partial charge in [-0.1, -0.05) is 30.3 Å². The van der Waals surface area contributed by atoms with Gasteiger partial charge >= 0.3 is 0 Å². The van der Waals surface area contributed by atoms with Crippen LogP contribution < -0.4 is 0 Å². The minimum atomic E-state index is 0.575. The van der Waals surface area contributed by atoms with Crippen molar-refractivity contribution < 1.29 is 9.47 Å². The second-order valence-corrected chi connectivity index (χ2v) is 6.95. The number of aromatic nitrogens is 3. The Kier molecular flexibility index (Phi) is 5.40. The molecule has 3 heterocycles. The lowest BCUT2D eigenvalue weighted by Gasteiger charge is -2.30. The van der Waals surface area contributed by atoms with Crippen LogP contribution in [0.15, 0.2) is 30.3 Å². The second-order valence-electron chi connectivity index (χ2n) is 6.95. The van der Waals surface area contributed by atoms with Crippen LogP contribution in [0.2, 0.25) is 0 Å². The summed E-state index contributed by atoms with van der Waals surface area (Å²) < 4.78 is 13.2. The van der Waals surface area contributed by atoms with E-state index < -0.39 is 0 Å². The van der Waals surface area contributed by atoms with E-state index in [0.29, 0.717) is 12.5 Å². The van der Waals surface area contributed by atoms with Gasteiger partial charge in [0.15, 0.2) is 5.82 Å². The minimum absolute atomic E-state index is 0.575. The molecule has 0 spiro atoms. The van der Waals surface area contributed by atoms with Gasteiger partial charge in [0.1, 0.15) is 12.4 Å². The highest BCUT2D eigenvalue weighted by molar-refractivity contribution is 5.14. The minimum Gasteiger partial charge on any atom is -0.381 e. The van der Waals surface area contributed by atoms with E-state index in [1.54, 1.807) is 0 Å². The topological polar surface area (TPSA) is 52.4 Å². The number of nitrogens with zero attached hydrogens (tertiary/aromatic N) is 4. The Balaban J connectivity index is 1.48. The lowest BCUT2D eigenvalue weighted by molar-refractivity contribution is 0.0488. The number of hydrogen-bond donors (Lipinski definition) is 0. The SMILES string of the molecule is c1ccc(CN(Cc2nnc3n2CCOC3)CC2CCOCC2)cc1. The Bertz CT molecular complexity index is 667. The van der Waals surface area contributed by atoms with Gasteiger partial charge in [-0.15, -0.1) is 10.2 Å². The molecule has 2 aliphatic heterocycles. The molecule has 2 aliphatic rings. The van der Waals surface area contributed by atoms with E-state index in [9.17, 15) is 0 Å². The summed E-state index contributed by atoms with van der Waals surface area (Å²) in [4.78, 5) is 2.51. The molecular formula is C19H26N4O2. The largest absolute Gasteiger partial charge is 0.381 e. The third kappa shape index (κ3) is 4.26. The van der Waals surface area contributed by atoms with Crippen molar-refractivity contribution in [3.63, 3.8) is 0 Å². The Hall–Kier alpha value is -1.76. The van der Waals surface area contributed by atoms with Crippen molar-refractivity contribution in [1.82, 2.24) is 19.7 Å². The maximum atomic E-state index is 5.52. The molecule has 1 fully saturated rings. The van der Waals surface area contributed by atoms with Crippen molar-refractivity contribution >= 4 is 0 Å². The zero-order valence-electron chi connectivity index (χ0n) is 14.6. The van der Waals surface area contributed by atoms with Gasteiger partial charge in [0.25, 0.3) is 0 Å². The van der Waals surface area contributed by atoms with Crippen LogP contribution in [0.5, 0.6) is 0 Å². The summed E-state index contributed by atoms with van der Waals surface area (Å²) in [6.45, 7) is 6.81. The molecule has 0 saturated carbocycles. The van der Waals surface area contributed by atoms with E-state index in [1.807, 2.05) is 0 Å². The maximum absolute atomic E-state index is 5.52. The molecule has 1 aromatic heterocycles. The summed E-state index contributed by atoms with van der Waals surface area (Å²) in [5, 5.41) is 8.74. The quantitative estimate of drug-likeness (QED) is 0.806. The van der Waals surface area contributed by atoms with Gasteiger partial charge in [0.05, 0.1) is 13.2 Å². The summed E-state index contributed by atoms with van der Waals surface area (Å²) >= 11 is 0. The van der Waals surface area contributed by atoms with Crippen LogP contribution in [-0.4, -0.2) is 46.0 Å². The fraction of sp³-hybridized carbons (Fsp3) is 0.579. The third-order valence-corrected chi connectivity index (χ3v) is 5.07. The van der Waals surface area contributed by atoms with Gasteiger partial charge in [0.2, 0.25) is 0 Å². The standard InChI is InChI=1S/C19H26N4O2/c1-2-4-16(5-3-1)12-22(13-17-6-9-24-10-7-17)14-18-20-21-19-15-25-11-8-23(18)19/h1-5,17H,6-15H2. The van der Waals surface area contributed by atoms with Crippen molar-refractivity contribution in [1.29, 1.82) is 0 Å². The van der Waals surface area contributed by atoms with Gasteiger partial charge in [-0.3, -0.25) is 4.90 Å². The first kappa shape index (κ1) is 16.7. The first-order valence-corrected chi connectivity index (χ1v) is 9.21. The number of rotatable bonds is 6. The van der Waals surface area contributed by atoms with Gasteiger partial charge in [-0.2, -0.15) is 0 Å². The maximum Gasteiger partial charge on any atom is 0.159 e. The molecule has 1 aromatic carbocycles. The molecule has 0 aliphatic carbocycles. The normalized spacial score (nSPS) is 18.4. The van der Waals surface area contributed by atoms with E-state index >= 15 is 0 Å². The molecule has 6 heteroatoms. The van der Waals surface area contributed by atoms with Crippen molar-refractivity contribution in [3.05, 3.63) is 47.5 Å². The van der Waals surface area contributed by atoms with E-state index in [1.165, 1.54) is 5.56 Å². The van der Waals surface area contributed by atoms with E-state index in [0.717, 1.165) is 70.5 Å².